The van der Waals surface area contributed by atoms with Crippen molar-refractivity contribution in [2.24, 2.45) is 16.2 Å². The lowest BCUT2D eigenvalue weighted by Crippen LogP contribution is -2.42. The molecule has 0 aromatic rings. The zero-order valence-corrected chi connectivity index (χ0v) is 10.3. The van der Waals surface area contributed by atoms with E-state index >= 15 is 0 Å². The molecule has 0 nitrogen and oxygen atoms in total. The fourth-order valence-electron chi connectivity index (χ4n) is 3.26. The Hall–Kier alpha value is 0. The molecule has 1 saturated carbocycles. The third-order valence-corrected chi connectivity index (χ3v) is 5.17. The monoisotopic (exact) mass is 182 g/mol. The van der Waals surface area contributed by atoms with Crippen LogP contribution in [-0.2, 0) is 0 Å². The summed E-state index contributed by atoms with van der Waals surface area (Å²) in [6, 6.07) is 0. The summed E-state index contributed by atoms with van der Waals surface area (Å²) in [7, 11) is 0. The average Bonchev–Trinajstić information content (AvgIpc) is 2.29. The maximum Gasteiger partial charge on any atom is -0.0223 e. The van der Waals surface area contributed by atoms with Gasteiger partial charge in [0.1, 0.15) is 0 Å². The molecular weight excluding hydrogens is 156 g/mol. The molecule has 13 heavy (non-hydrogen) atoms. The van der Waals surface area contributed by atoms with E-state index in [-0.39, 0.29) is 0 Å². The zero-order valence-electron chi connectivity index (χ0n) is 10.3. The van der Waals surface area contributed by atoms with Crippen LogP contribution in [0.4, 0.5) is 0 Å². The van der Waals surface area contributed by atoms with Gasteiger partial charge >= 0.3 is 0 Å². The van der Waals surface area contributed by atoms with Crippen molar-refractivity contribution in [3.8, 4) is 0 Å². The smallest absolute Gasteiger partial charge is 0.0223 e. The second kappa shape index (κ2) is 3.00. The summed E-state index contributed by atoms with van der Waals surface area (Å²) < 4.78 is 0. The molecule has 0 aromatic heterocycles. The van der Waals surface area contributed by atoms with Gasteiger partial charge in [0.2, 0.25) is 0 Å². The number of rotatable bonds is 1. The summed E-state index contributed by atoms with van der Waals surface area (Å²) in [5.74, 6) is 0. The Morgan fingerprint density at radius 1 is 1.08 bits per heavy atom. The molecule has 2 atom stereocenters. The largest absolute Gasteiger partial charge is 0.0648 e. The Bertz CT molecular complexity index is 187. The summed E-state index contributed by atoms with van der Waals surface area (Å²) in [4.78, 5) is 0. The fourth-order valence-corrected chi connectivity index (χ4v) is 3.26. The first-order valence-corrected chi connectivity index (χ1v) is 5.77. The van der Waals surface area contributed by atoms with Gasteiger partial charge in [-0.1, -0.05) is 54.4 Å². The first-order valence-electron chi connectivity index (χ1n) is 5.77. The molecule has 0 aliphatic heterocycles. The SMILES string of the molecule is CCC1(C)CCCC1(C)C(C)(C)C. The van der Waals surface area contributed by atoms with Crippen molar-refractivity contribution in [2.75, 3.05) is 0 Å². The molecule has 0 N–H and O–H groups in total. The van der Waals surface area contributed by atoms with Gasteiger partial charge in [0.15, 0.2) is 0 Å². The van der Waals surface area contributed by atoms with Crippen LogP contribution in [0.5, 0.6) is 0 Å². The highest BCUT2D eigenvalue weighted by Gasteiger charge is 2.53. The summed E-state index contributed by atoms with van der Waals surface area (Å²) in [5, 5.41) is 0. The highest BCUT2D eigenvalue weighted by Crippen LogP contribution is 2.62. The fraction of sp³-hybridized carbons (Fsp3) is 1.00. The molecule has 78 valence electrons. The third kappa shape index (κ3) is 1.43. The third-order valence-electron chi connectivity index (χ3n) is 5.17. The van der Waals surface area contributed by atoms with E-state index in [0.29, 0.717) is 16.2 Å². The van der Waals surface area contributed by atoms with Crippen LogP contribution in [0.25, 0.3) is 0 Å². The Morgan fingerprint density at radius 2 is 1.62 bits per heavy atom. The standard InChI is InChI=1S/C13H26/c1-7-12(5)9-8-10-13(12,6)11(2,3)4/h7-10H2,1-6H3. The van der Waals surface area contributed by atoms with E-state index in [1.54, 1.807) is 0 Å². The lowest BCUT2D eigenvalue weighted by atomic mass is 9.55. The van der Waals surface area contributed by atoms with Crippen LogP contribution in [-0.4, -0.2) is 0 Å². The lowest BCUT2D eigenvalue weighted by Gasteiger charge is -2.50. The van der Waals surface area contributed by atoms with E-state index in [9.17, 15) is 0 Å². The van der Waals surface area contributed by atoms with Crippen LogP contribution in [0.15, 0.2) is 0 Å². The molecular formula is C13H26. The van der Waals surface area contributed by atoms with Crippen molar-refractivity contribution in [3.63, 3.8) is 0 Å². The highest BCUT2D eigenvalue weighted by molar-refractivity contribution is 5.02. The molecule has 0 aromatic carbocycles. The van der Waals surface area contributed by atoms with Crippen LogP contribution >= 0.6 is 0 Å². The Balaban J connectivity index is 3.01. The molecule has 1 aliphatic carbocycles. The molecule has 0 heteroatoms. The van der Waals surface area contributed by atoms with Gasteiger partial charge < -0.3 is 0 Å². The molecule has 0 radical (unpaired) electrons. The topological polar surface area (TPSA) is 0 Å². The van der Waals surface area contributed by atoms with Crippen LogP contribution in [0, 0.1) is 16.2 Å². The van der Waals surface area contributed by atoms with Gasteiger partial charge in [0.05, 0.1) is 0 Å². The highest BCUT2D eigenvalue weighted by atomic mass is 14.6. The van der Waals surface area contributed by atoms with E-state index < -0.39 is 0 Å². The molecule has 1 fully saturated rings. The van der Waals surface area contributed by atoms with Gasteiger partial charge in [-0.3, -0.25) is 0 Å². The summed E-state index contributed by atoms with van der Waals surface area (Å²) in [6.07, 6.45) is 5.61. The minimum Gasteiger partial charge on any atom is -0.0648 e. The molecule has 2 unspecified atom stereocenters. The van der Waals surface area contributed by atoms with Crippen molar-refractivity contribution in [2.45, 2.75) is 67.2 Å². The van der Waals surface area contributed by atoms with Gasteiger partial charge in [0, 0.05) is 0 Å². The van der Waals surface area contributed by atoms with Gasteiger partial charge in [-0.2, -0.15) is 0 Å². The van der Waals surface area contributed by atoms with Crippen LogP contribution in [0.1, 0.15) is 67.2 Å². The van der Waals surface area contributed by atoms with Crippen molar-refractivity contribution in [3.05, 3.63) is 0 Å². The first kappa shape index (κ1) is 11.1. The molecule has 0 heterocycles. The van der Waals surface area contributed by atoms with Crippen LogP contribution < -0.4 is 0 Å². The second-order valence-electron chi connectivity index (χ2n) is 6.35. The maximum absolute atomic E-state index is 2.50. The number of hydrogen-bond acceptors (Lipinski definition) is 0. The summed E-state index contributed by atoms with van der Waals surface area (Å²) >= 11 is 0. The zero-order chi connectivity index (χ0) is 10.3. The molecule has 0 bridgehead atoms. The predicted molar refractivity (Wildman–Crippen MR) is 59.8 cm³/mol. The molecule has 0 amide bonds. The van der Waals surface area contributed by atoms with Gasteiger partial charge in [0.25, 0.3) is 0 Å². The first-order chi connectivity index (χ1) is 5.77. The summed E-state index contributed by atoms with van der Waals surface area (Å²) in [6.45, 7) is 14.6. The van der Waals surface area contributed by atoms with E-state index in [2.05, 4.69) is 41.5 Å². The van der Waals surface area contributed by atoms with E-state index in [0.717, 1.165) is 0 Å². The molecule has 1 aliphatic rings. The van der Waals surface area contributed by atoms with E-state index in [1.807, 2.05) is 0 Å². The van der Waals surface area contributed by atoms with Crippen LogP contribution in [0.3, 0.4) is 0 Å². The molecule has 1 rings (SSSR count). The summed E-state index contributed by atoms with van der Waals surface area (Å²) in [5.41, 5.74) is 1.56. The molecule has 0 spiro atoms. The van der Waals surface area contributed by atoms with Crippen molar-refractivity contribution in [1.29, 1.82) is 0 Å². The Labute approximate surface area is 84.1 Å². The minimum atomic E-state index is 0.453. The maximum atomic E-state index is 2.50. The van der Waals surface area contributed by atoms with Crippen LogP contribution in [0.2, 0.25) is 0 Å². The number of hydrogen-bond donors (Lipinski definition) is 0. The van der Waals surface area contributed by atoms with Crippen molar-refractivity contribution >= 4 is 0 Å². The van der Waals surface area contributed by atoms with Crippen molar-refractivity contribution in [1.82, 2.24) is 0 Å². The minimum absolute atomic E-state index is 0.453. The second-order valence-corrected chi connectivity index (χ2v) is 6.35. The molecule has 0 saturated heterocycles. The predicted octanol–water partition coefficient (Wildman–Crippen LogP) is 4.64. The normalized spacial score (nSPS) is 41.1. The van der Waals surface area contributed by atoms with E-state index in [4.69, 9.17) is 0 Å². The van der Waals surface area contributed by atoms with Gasteiger partial charge in [-0.25, -0.2) is 0 Å². The average molecular weight is 182 g/mol. The quantitative estimate of drug-likeness (QED) is 0.554. The van der Waals surface area contributed by atoms with Gasteiger partial charge in [-0.15, -0.1) is 0 Å². The lowest BCUT2D eigenvalue weighted by molar-refractivity contribution is -0.0106. The van der Waals surface area contributed by atoms with E-state index in [1.165, 1.54) is 25.7 Å². The Kier molecular flexibility index (Phi) is 2.56. The Morgan fingerprint density at radius 3 is 1.92 bits per heavy atom. The van der Waals surface area contributed by atoms with Crippen molar-refractivity contribution < 1.29 is 0 Å². The van der Waals surface area contributed by atoms with Gasteiger partial charge in [-0.05, 0) is 29.1 Å².